The van der Waals surface area contributed by atoms with Crippen molar-refractivity contribution in [3.8, 4) is 0 Å². The first-order valence-corrected chi connectivity index (χ1v) is 7.52. The predicted molar refractivity (Wildman–Crippen MR) is 82.9 cm³/mol. The lowest BCUT2D eigenvalue weighted by Gasteiger charge is -2.22. The van der Waals surface area contributed by atoms with E-state index in [4.69, 9.17) is 0 Å². The molecule has 0 aliphatic heterocycles. The van der Waals surface area contributed by atoms with Crippen LogP contribution in [0.5, 0.6) is 0 Å². The Hall–Kier alpha value is -1.55. The van der Waals surface area contributed by atoms with Gasteiger partial charge in [-0.05, 0) is 37.3 Å². The smallest absolute Gasteiger partial charge is 0.191 e. The van der Waals surface area contributed by atoms with Crippen LogP contribution in [0.3, 0.4) is 0 Å². The topological polar surface area (TPSA) is 56.7 Å². The Morgan fingerprint density at radius 1 is 1.30 bits per heavy atom. The number of hydrogen-bond acceptors (Lipinski definition) is 2. The van der Waals surface area contributed by atoms with Crippen molar-refractivity contribution in [2.24, 2.45) is 4.99 Å². The van der Waals surface area contributed by atoms with Crippen molar-refractivity contribution in [1.29, 1.82) is 0 Å². The molecule has 0 amide bonds. The van der Waals surface area contributed by atoms with Crippen LogP contribution in [0.1, 0.15) is 37.8 Å². The Labute approximate surface area is 121 Å². The van der Waals surface area contributed by atoms with Gasteiger partial charge in [-0.15, -0.1) is 0 Å². The van der Waals surface area contributed by atoms with E-state index in [2.05, 4.69) is 28.6 Å². The van der Waals surface area contributed by atoms with Crippen molar-refractivity contribution in [2.45, 2.75) is 38.7 Å². The number of aryl methyl sites for hydroxylation is 1. The molecular formula is C16H25N3O. The van der Waals surface area contributed by atoms with E-state index in [9.17, 15) is 5.11 Å². The lowest BCUT2D eigenvalue weighted by atomic mass is 9.96. The molecule has 1 unspecified atom stereocenters. The zero-order valence-electron chi connectivity index (χ0n) is 12.4. The summed E-state index contributed by atoms with van der Waals surface area (Å²) in [5.41, 5.74) is 1.47. The number of guanidine groups is 1. The average molecular weight is 275 g/mol. The molecule has 1 atom stereocenters. The highest BCUT2D eigenvalue weighted by molar-refractivity contribution is 5.79. The minimum atomic E-state index is -0.814. The molecule has 0 spiro atoms. The van der Waals surface area contributed by atoms with Crippen LogP contribution in [0.4, 0.5) is 0 Å². The van der Waals surface area contributed by atoms with E-state index in [1.54, 1.807) is 0 Å². The van der Waals surface area contributed by atoms with Crippen LogP contribution in [0.15, 0.2) is 29.3 Å². The maximum atomic E-state index is 10.8. The summed E-state index contributed by atoms with van der Waals surface area (Å²) in [5, 5.41) is 17.3. The number of hydrogen-bond donors (Lipinski definition) is 3. The van der Waals surface area contributed by atoms with Gasteiger partial charge in [0.2, 0.25) is 0 Å². The molecule has 0 saturated carbocycles. The monoisotopic (exact) mass is 275 g/mol. The standard InChI is InChI=1S/C16H25N3O/c1-3-11-18-15(17-4-2)19-12-16(20)10-9-13-7-5-6-8-14(13)16/h5-8,20H,3-4,9-12H2,1-2H3,(H2,17,18,19). The molecule has 0 bridgehead atoms. The van der Waals surface area contributed by atoms with Gasteiger partial charge in [0, 0.05) is 13.1 Å². The van der Waals surface area contributed by atoms with Gasteiger partial charge in [-0.1, -0.05) is 31.2 Å². The fourth-order valence-electron chi connectivity index (χ4n) is 2.63. The number of benzene rings is 1. The number of rotatable bonds is 5. The quantitative estimate of drug-likeness (QED) is 0.567. The van der Waals surface area contributed by atoms with E-state index >= 15 is 0 Å². The van der Waals surface area contributed by atoms with Crippen LogP contribution < -0.4 is 10.6 Å². The molecule has 1 aromatic carbocycles. The molecule has 2 rings (SSSR count). The molecular weight excluding hydrogens is 250 g/mol. The van der Waals surface area contributed by atoms with Crippen LogP contribution in [-0.2, 0) is 12.0 Å². The lowest BCUT2D eigenvalue weighted by molar-refractivity contribution is 0.0485. The molecule has 1 aliphatic rings. The zero-order valence-corrected chi connectivity index (χ0v) is 12.4. The zero-order chi connectivity index (χ0) is 14.4. The summed E-state index contributed by atoms with van der Waals surface area (Å²) < 4.78 is 0. The molecule has 3 N–H and O–H groups in total. The molecule has 1 aromatic rings. The van der Waals surface area contributed by atoms with Crippen molar-refractivity contribution in [1.82, 2.24) is 10.6 Å². The highest BCUT2D eigenvalue weighted by atomic mass is 16.3. The van der Waals surface area contributed by atoms with Gasteiger partial charge in [-0.3, -0.25) is 0 Å². The molecule has 0 saturated heterocycles. The number of nitrogens with one attached hydrogen (secondary N) is 2. The van der Waals surface area contributed by atoms with E-state index in [-0.39, 0.29) is 0 Å². The molecule has 4 heteroatoms. The second-order valence-electron chi connectivity index (χ2n) is 5.31. The Morgan fingerprint density at radius 3 is 2.85 bits per heavy atom. The third kappa shape index (κ3) is 3.31. The molecule has 0 heterocycles. The highest BCUT2D eigenvalue weighted by Gasteiger charge is 2.36. The van der Waals surface area contributed by atoms with Crippen molar-refractivity contribution in [2.75, 3.05) is 19.6 Å². The predicted octanol–water partition coefficient (Wildman–Crippen LogP) is 1.79. The molecule has 1 aliphatic carbocycles. The Morgan fingerprint density at radius 2 is 2.10 bits per heavy atom. The van der Waals surface area contributed by atoms with Crippen molar-refractivity contribution in [3.63, 3.8) is 0 Å². The maximum absolute atomic E-state index is 10.8. The summed E-state index contributed by atoms with van der Waals surface area (Å²) >= 11 is 0. The average Bonchev–Trinajstić information content (AvgIpc) is 2.81. The van der Waals surface area contributed by atoms with Gasteiger partial charge in [-0.25, -0.2) is 4.99 Å². The van der Waals surface area contributed by atoms with Crippen LogP contribution in [0.25, 0.3) is 0 Å². The van der Waals surface area contributed by atoms with E-state index in [1.165, 1.54) is 5.56 Å². The third-order valence-corrected chi connectivity index (χ3v) is 3.71. The molecule has 4 nitrogen and oxygen atoms in total. The Kier molecular flexibility index (Phi) is 5.01. The van der Waals surface area contributed by atoms with Crippen molar-refractivity contribution < 1.29 is 5.11 Å². The molecule has 110 valence electrons. The molecule has 0 fully saturated rings. The Balaban J connectivity index is 2.08. The van der Waals surface area contributed by atoms with Gasteiger partial charge in [0.1, 0.15) is 5.60 Å². The summed E-state index contributed by atoms with van der Waals surface area (Å²) in [6.07, 6.45) is 2.74. The SMILES string of the molecule is CCCNC(=NCC1(O)CCc2ccccc21)NCC. The Bertz CT molecular complexity index is 473. The largest absolute Gasteiger partial charge is 0.383 e. The number of fused-ring (bicyclic) bond motifs is 1. The van der Waals surface area contributed by atoms with Crippen molar-refractivity contribution >= 4 is 5.96 Å². The lowest BCUT2D eigenvalue weighted by Crippen LogP contribution is -2.39. The number of aliphatic imine (C=N–C) groups is 1. The fraction of sp³-hybridized carbons (Fsp3) is 0.562. The first kappa shape index (κ1) is 14.9. The number of nitrogens with zero attached hydrogens (tertiary/aromatic N) is 1. The molecule has 0 aromatic heterocycles. The third-order valence-electron chi connectivity index (χ3n) is 3.71. The second kappa shape index (κ2) is 6.75. The van der Waals surface area contributed by atoms with Crippen molar-refractivity contribution in [3.05, 3.63) is 35.4 Å². The van der Waals surface area contributed by atoms with Crippen LogP contribution in [0, 0.1) is 0 Å². The van der Waals surface area contributed by atoms with Gasteiger partial charge in [0.05, 0.1) is 6.54 Å². The minimum absolute atomic E-state index is 0.406. The van der Waals surface area contributed by atoms with E-state index in [1.807, 2.05) is 25.1 Å². The van der Waals surface area contributed by atoms with Gasteiger partial charge in [0.15, 0.2) is 5.96 Å². The van der Waals surface area contributed by atoms with Gasteiger partial charge < -0.3 is 15.7 Å². The normalized spacial score (nSPS) is 21.6. The maximum Gasteiger partial charge on any atom is 0.191 e. The van der Waals surface area contributed by atoms with Crippen LogP contribution in [-0.4, -0.2) is 30.7 Å². The second-order valence-corrected chi connectivity index (χ2v) is 5.31. The van der Waals surface area contributed by atoms with E-state index in [0.29, 0.717) is 6.54 Å². The highest BCUT2D eigenvalue weighted by Crippen LogP contribution is 2.36. The van der Waals surface area contributed by atoms with Gasteiger partial charge in [-0.2, -0.15) is 0 Å². The van der Waals surface area contributed by atoms with Crippen LogP contribution >= 0.6 is 0 Å². The minimum Gasteiger partial charge on any atom is -0.383 e. The first-order valence-electron chi connectivity index (χ1n) is 7.52. The summed E-state index contributed by atoms with van der Waals surface area (Å²) in [5.74, 6) is 0.784. The molecule has 0 radical (unpaired) electrons. The summed E-state index contributed by atoms with van der Waals surface area (Å²) in [6, 6.07) is 8.13. The van der Waals surface area contributed by atoms with Gasteiger partial charge >= 0.3 is 0 Å². The number of aliphatic hydroxyl groups is 1. The summed E-state index contributed by atoms with van der Waals surface area (Å²) in [4.78, 5) is 4.55. The van der Waals surface area contributed by atoms with Crippen LogP contribution in [0.2, 0.25) is 0 Å². The van der Waals surface area contributed by atoms with E-state index in [0.717, 1.165) is 43.9 Å². The molecule has 20 heavy (non-hydrogen) atoms. The first-order chi connectivity index (χ1) is 9.69. The van der Waals surface area contributed by atoms with Gasteiger partial charge in [0.25, 0.3) is 0 Å². The summed E-state index contributed by atoms with van der Waals surface area (Å²) in [6.45, 7) is 6.29. The summed E-state index contributed by atoms with van der Waals surface area (Å²) in [7, 11) is 0. The fourth-order valence-corrected chi connectivity index (χ4v) is 2.63. The van der Waals surface area contributed by atoms with E-state index < -0.39 is 5.60 Å².